The van der Waals surface area contributed by atoms with Crippen molar-refractivity contribution < 1.29 is 9.53 Å². The van der Waals surface area contributed by atoms with Crippen LogP contribution >= 0.6 is 0 Å². The standard InChI is InChI=1S/C20H26N2O2/c1-3-4-5-12-22-20(23)14-16-6-9-18(10-7-16)24-19-11-8-17(21)13-15(19)2/h6-11,13H,3-5,12,14,21H2,1-2H3,(H,22,23). The summed E-state index contributed by atoms with van der Waals surface area (Å²) in [7, 11) is 0. The number of aryl methyl sites for hydroxylation is 1. The van der Waals surface area contributed by atoms with E-state index in [0.717, 1.165) is 54.1 Å². The molecule has 0 saturated carbocycles. The molecule has 0 radical (unpaired) electrons. The maximum atomic E-state index is 11.9. The first-order chi connectivity index (χ1) is 11.6. The van der Waals surface area contributed by atoms with Gasteiger partial charge in [0.1, 0.15) is 11.5 Å². The van der Waals surface area contributed by atoms with Crippen LogP contribution in [0.15, 0.2) is 42.5 Å². The van der Waals surface area contributed by atoms with E-state index in [2.05, 4.69) is 12.2 Å². The van der Waals surface area contributed by atoms with Crippen molar-refractivity contribution >= 4 is 11.6 Å². The molecule has 0 heterocycles. The van der Waals surface area contributed by atoms with E-state index in [1.54, 1.807) is 0 Å². The number of unbranched alkanes of at least 4 members (excludes halogenated alkanes) is 2. The third kappa shape index (κ3) is 5.61. The van der Waals surface area contributed by atoms with Gasteiger partial charge in [0, 0.05) is 12.2 Å². The maximum absolute atomic E-state index is 11.9. The average molecular weight is 326 g/mol. The molecule has 2 aromatic rings. The minimum Gasteiger partial charge on any atom is -0.457 e. The third-order valence-electron chi connectivity index (χ3n) is 3.82. The second kappa shape index (κ2) is 8.96. The van der Waals surface area contributed by atoms with Crippen LogP contribution in [0, 0.1) is 6.92 Å². The van der Waals surface area contributed by atoms with Crippen LogP contribution < -0.4 is 15.8 Å². The first-order valence-corrected chi connectivity index (χ1v) is 8.48. The van der Waals surface area contributed by atoms with Crippen LogP contribution in [0.1, 0.15) is 37.3 Å². The van der Waals surface area contributed by atoms with Crippen LogP contribution in [0.4, 0.5) is 5.69 Å². The molecule has 128 valence electrons. The normalized spacial score (nSPS) is 10.4. The monoisotopic (exact) mass is 326 g/mol. The molecule has 2 aromatic carbocycles. The van der Waals surface area contributed by atoms with E-state index < -0.39 is 0 Å². The summed E-state index contributed by atoms with van der Waals surface area (Å²) < 4.78 is 5.86. The van der Waals surface area contributed by atoms with Crippen LogP contribution in [0.3, 0.4) is 0 Å². The number of nitrogens with one attached hydrogen (secondary N) is 1. The molecule has 0 unspecified atom stereocenters. The molecule has 3 N–H and O–H groups in total. The van der Waals surface area contributed by atoms with Crippen molar-refractivity contribution in [3.8, 4) is 11.5 Å². The lowest BCUT2D eigenvalue weighted by Crippen LogP contribution is -2.26. The maximum Gasteiger partial charge on any atom is 0.224 e. The number of anilines is 1. The number of rotatable bonds is 8. The summed E-state index contributed by atoms with van der Waals surface area (Å²) >= 11 is 0. The molecule has 24 heavy (non-hydrogen) atoms. The van der Waals surface area contributed by atoms with Crippen molar-refractivity contribution in [2.24, 2.45) is 0 Å². The minimum atomic E-state index is 0.0640. The van der Waals surface area contributed by atoms with E-state index in [9.17, 15) is 4.79 Å². The molecule has 0 atom stereocenters. The molecule has 4 nitrogen and oxygen atoms in total. The summed E-state index contributed by atoms with van der Waals surface area (Å²) in [6, 6.07) is 13.2. The van der Waals surface area contributed by atoms with E-state index in [4.69, 9.17) is 10.5 Å². The van der Waals surface area contributed by atoms with Gasteiger partial charge in [-0.05, 0) is 54.8 Å². The Balaban J connectivity index is 1.87. The lowest BCUT2D eigenvalue weighted by Gasteiger charge is -2.10. The number of benzene rings is 2. The van der Waals surface area contributed by atoms with E-state index in [1.165, 1.54) is 0 Å². The Hall–Kier alpha value is -2.49. The van der Waals surface area contributed by atoms with E-state index in [1.807, 2.05) is 49.4 Å². The Kier molecular flexibility index (Phi) is 6.67. The molecule has 0 bridgehead atoms. The predicted octanol–water partition coefficient (Wildman–Crippen LogP) is 4.22. The van der Waals surface area contributed by atoms with Gasteiger partial charge in [-0.1, -0.05) is 31.9 Å². The smallest absolute Gasteiger partial charge is 0.224 e. The summed E-state index contributed by atoms with van der Waals surface area (Å²) in [4.78, 5) is 11.9. The van der Waals surface area contributed by atoms with Gasteiger partial charge >= 0.3 is 0 Å². The number of carbonyl (C=O) groups excluding carboxylic acids is 1. The van der Waals surface area contributed by atoms with Gasteiger partial charge in [-0.3, -0.25) is 4.79 Å². The zero-order valence-corrected chi connectivity index (χ0v) is 14.5. The second-order valence-corrected chi connectivity index (χ2v) is 6.00. The van der Waals surface area contributed by atoms with E-state index in [0.29, 0.717) is 6.42 Å². The highest BCUT2D eigenvalue weighted by molar-refractivity contribution is 5.78. The fourth-order valence-electron chi connectivity index (χ4n) is 2.44. The molecule has 1 amide bonds. The molecule has 4 heteroatoms. The SMILES string of the molecule is CCCCCNC(=O)Cc1ccc(Oc2ccc(N)cc2C)cc1. The highest BCUT2D eigenvalue weighted by Crippen LogP contribution is 2.26. The highest BCUT2D eigenvalue weighted by atomic mass is 16.5. The predicted molar refractivity (Wildman–Crippen MR) is 98.3 cm³/mol. The Morgan fingerprint density at radius 1 is 1.12 bits per heavy atom. The zero-order chi connectivity index (χ0) is 17.4. The highest BCUT2D eigenvalue weighted by Gasteiger charge is 2.05. The molecule has 0 spiro atoms. The van der Waals surface area contributed by atoms with Crippen LogP contribution in [-0.2, 0) is 11.2 Å². The average Bonchev–Trinajstić information content (AvgIpc) is 2.56. The Morgan fingerprint density at radius 2 is 1.88 bits per heavy atom. The number of hydrogen-bond acceptors (Lipinski definition) is 3. The van der Waals surface area contributed by atoms with E-state index in [-0.39, 0.29) is 5.91 Å². The van der Waals surface area contributed by atoms with Crippen LogP contribution in [-0.4, -0.2) is 12.5 Å². The number of carbonyl (C=O) groups is 1. The van der Waals surface area contributed by atoms with Crippen molar-refractivity contribution in [2.75, 3.05) is 12.3 Å². The first-order valence-electron chi connectivity index (χ1n) is 8.48. The first kappa shape index (κ1) is 17.9. The summed E-state index contributed by atoms with van der Waals surface area (Å²) in [5.74, 6) is 1.59. The minimum absolute atomic E-state index is 0.0640. The van der Waals surface area contributed by atoms with Gasteiger partial charge in [0.25, 0.3) is 0 Å². The van der Waals surface area contributed by atoms with Crippen molar-refractivity contribution in [3.05, 3.63) is 53.6 Å². The largest absolute Gasteiger partial charge is 0.457 e. The molecule has 0 aliphatic rings. The molecule has 0 aromatic heterocycles. The van der Waals surface area contributed by atoms with Crippen LogP contribution in [0.5, 0.6) is 11.5 Å². The third-order valence-corrected chi connectivity index (χ3v) is 3.82. The number of ether oxygens (including phenoxy) is 1. The summed E-state index contributed by atoms with van der Waals surface area (Å²) in [5.41, 5.74) is 8.43. The summed E-state index contributed by atoms with van der Waals surface area (Å²) in [6.45, 7) is 4.87. The Morgan fingerprint density at radius 3 is 2.54 bits per heavy atom. The zero-order valence-electron chi connectivity index (χ0n) is 14.5. The van der Waals surface area contributed by atoms with Crippen LogP contribution in [0.2, 0.25) is 0 Å². The number of nitrogen functional groups attached to an aromatic ring is 1. The Labute approximate surface area is 144 Å². The van der Waals surface area contributed by atoms with Gasteiger partial charge in [-0.25, -0.2) is 0 Å². The van der Waals surface area contributed by atoms with Gasteiger partial charge in [-0.2, -0.15) is 0 Å². The van der Waals surface area contributed by atoms with Gasteiger partial charge in [0.05, 0.1) is 6.42 Å². The molecule has 0 saturated heterocycles. The lowest BCUT2D eigenvalue weighted by molar-refractivity contribution is -0.120. The molecular formula is C20H26N2O2. The summed E-state index contributed by atoms with van der Waals surface area (Å²) in [6.07, 6.45) is 3.74. The molecule has 2 rings (SSSR count). The van der Waals surface area contributed by atoms with Crippen LogP contribution in [0.25, 0.3) is 0 Å². The second-order valence-electron chi connectivity index (χ2n) is 6.00. The topological polar surface area (TPSA) is 64.3 Å². The van der Waals surface area contributed by atoms with Crippen molar-refractivity contribution in [3.63, 3.8) is 0 Å². The van der Waals surface area contributed by atoms with Crippen molar-refractivity contribution in [1.29, 1.82) is 0 Å². The van der Waals surface area contributed by atoms with Gasteiger partial charge in [0.15, 0.2) is 0 Å². The molecule has 0 aliphatic heterocycles. The fourth-order valence-corrected chi connectivity index (χ4v) is 2.44. The number of nitrogens with two attached hydrogens (primary N) is 1. The van der Waals surface area contributed by atoms with E-state index >= 15 is 0 Å². The molecule has 0 fully saturated rings. The molecule has 0 aliphatic carbocycles. The van der Waals surface area contributed by atoms with Gasteiger partial charge in [0.2, 0.25) is 5.91 Å². The number of amides is 1. The van der Waals surface area contributed by atoms with Gasteiger partial charge in [-0.15, -0.1) is 0 Å². The van der Waals surface area contributed by atoms with Crippen molar-refractivity contribution in [2.45, 2.75) is 39.5 Å². The van der Waals surface area contributed by atoms with Crippen molar-refractivity contribution in [1.82, 2.24) is 5.32 Å². The van der Waals surface area contributed by atoms with Gasteiger partial charge < -0.3 is 15.8 Å². The lowest BCUT2D eigenvalue weighted by atomic mass is 10.1. The fraction of sp³-hybridized carbons (Fsp3) is 0.350. The summed E-state index contributed by atoms with van der Waals surface area (Å²) in [5, 5.41) is 2.95. The number of hydrogen-bond donors (Lipinski definition) is 2. The quantitative estimate of drug-likeness (QED) is 0.564. The molecular weight excluding hydrogens is 300 g/mol. The Bertz CT molecular complexity index is 666.